The van der Waals surface area contributed by atoms with E-state index in [0.717, 1.165) is 10.3 Å². The summed E-state index contributed by atoms with van der Waals surface area (Å²) in [5, 5.41) is 3.25. The summed E-state index contributed by atoms with van der Waals surface area (Å²) in [4.78, 5) is 16.3. The van der Waals surface area contributed by atoms with Gasteiger partial charge in [0.05, 0.1) is 11.8 Å². The lowest BCUT2D eigenvalue weighted by Crippen LogP contribution is -2.20. The van der Waals surface area contributed by atoms with Gasteiger partial charge < -0.3 is 20.5 Å². The zero-order valence-corrected chi connectivity index (χ0v) is 14.1. The highest BCUT2D eigenvalue weighted by atomic mass is 32.1. The quantitative estimate of drug-likeness (QED) is 0.743. The molecule has 0 saturated heterocycles. The van der Waals surface area contributed by atoms with E-state index in [-0.39, 0.29) is 12.5 Å². The molecule has 0 saturated carbocycles. The summed E-state index contributed by atoms with van der Waals surface area (Å²) in [6.45, 7) is 1.92. The molecule has 0 aliphatic rings. The summed E-state index contributed by atoms with van der Waals surface area (Å²) in [5.41, 5.74) is 8.17. The summed E-state index contributed by atoms with van der Waals surface area (Å²) in [6.07, 6.45) is 0. The molecular weight excluding hydrogens is 326 g/mol. The largest absolute Gasteiger partial charge is 0.494 e. The number of carbonyl (C=O) groups is 1. The van der Waals surface area contributed by atoms with Crippen LogP contribution in [0.1, 0.15) is 5.56 Å². The molecule has 124 valence electrons. The van der Waals surface area contributed by atoms with Gasteiger partial charge >= 0.3 is 0 Å². The number of methoxy groups -OCH3 is 1. The SMILES string of the molecule is COc1cc(NC(=O)COc2ccc(C)cc2)cc2sc(N)nc12. The normalized spacial score (nSPS) is 10.6. The summed E-state index contributed by atoms with van der Waals surface area (Å²) in [5.74, 6) is 0.962. The molecule has 24 heavy (non-hydrogen) atoms. The number of rotatable bonds is 5. The Bertz CT molecular complexity index is 875. The van der Waals surface area contributed by atoms with Gasteiger partial charge in [-0.25, -0.2) is 4.98 Å². The van der Waals surface area contributed by atoms with Crippen LogP contribution in [0.2, 0.25) is 0 Å². The van der Waals surface area contributed by atoms with Crippen LogP contribution in [0.3, 0.4) is 0 Å². The van der Waals surface area contributed by atoms with E-state index < -0.39 is 0 Å². The first-order chi connectivity index (χ1) is 11.5. The van der Waals surface area contributed by atoms with Crippen LogP contribution >= 0.6 is 11.3 Å². The van der Waals surface area contributed by atoms with Gasteiger partial charge in [-0.1, -0.05) is 29.0 Å². The summed E-state index contributed by atoms with van der Waals surface area (Å²) < 4.78 is 11.6. The van der Waals surface area contributed by atoms with Crippen molar-refractivity contribution < 1.29 is 14.3 Å². The standard InChI is InChI=1S/C17H17N3O3S/c1-10-3-5-12(6-4-10)23-9-15(21)19-11-7-13(22-2)16-14(8-11)24-17(18)20-16/h3-8H,9H2,1-2H3,(H2,18,20)(H,19,21). The Morgan fingerprint density at radius 3 is 2.75 bits per heavy atom. The number of fused-ring (bicyclic) bond motifs is 1. The van der Waals surface area contributed by atoms with Crippen LogP contribution < -0.4 is 20.5 Å². The minimum absolute atomic E-state index is 0.0752. The van der Waals surface area contributed by atoms with Crippen molar-refractivity contribution in [3.8, 4) is 11.5 Å². The number of nitrogens with two attached hydrogens (primary N) is 1. The number of anilines is 2. The van der Waals surface area contributed by atoms with Crippen molar-refractivity contribution in [3.05, 3.63) is 42.0 Å². The highest BCUT2D eigenvalue weighted by Crippen LogP contribution is 2.34. The molecule has 0 aliphatic carbocycles. The number of ether oxygens (including phenoxy) is 2. The maximum atomic E-state index is 12.1. The first-order valence-electron chi connectivity index (χ1n) is 7.28. The Morgan fingerprint density at radius 2 is 2.04 bits per heavy atom. The van der Waals surface area contributed by atoms with Crippen LogP contribution in [0.15, 0.2) is 36.4 Å². The van der Waals surface area contributed by atoms with Gasteiger partial charge in [-0.05, 0) is 25.1 Å². The Hall–Kier alpha value is -2.80. The third-order valence-corrected chi connectivity index (χ3v) is 4.20. The zero-order chi connectivity index (χ0) is 17.1. The molecule has 7 heteroatoms. The molecule has 1 aromatic heterocycles. The predicted molar refractivity (Wildman–Crippen MR) is 95.9 cm³/mol. The highest BCUT2D eigenvalue weighted by molar-refractivity contribution is 7.22. The van der Waals surface area contributed by atoms with E-state index in [2.05, 4.69) is 10.3 Å². The topological polar surface area (TPSA) is 86.5 Å². The smallest absolute Gasteiger partial charge is 0.262 e. The lowest BCUT2D eigenvalue weighted by molar-refractivity contribution is -0.118. The van der Waals surface area contributed by atoms with Gasteiger partial charge in [0, 0.05) is 11.8 Å². The molecule has 3 N–H and O–H groups in total. The van der Waals surface area contributed by atoms with E-state index in [0.29, 0.717) is 27.8 Å². The second-order valence-corrected chi connectivity index (χ2v) is 6.29. The van der Waals surface area contributed by atoms with Crippen molar-refractivity contribution in [2.24, 2.45) is 0 Å². The minimum Gasteiger partial charge on any atom is -0.494 e. The van der Waals surface area contributed by atoms with Gasteiger partial charge in [0.15, 0.2) is 11.7 Å². The molecule has 1 heterocycles. The fourth-order valence-corrected chi connectivity index (χ4v) is 3.02. The Balaban J connectivity index is 1.69. The van der Waals surface area contributed by atoms with Gasteiger partial charge in [-0.15, -0.1) is 0 Å². The Kier molecular flexibility index (Phi) is 4.52. The summed E-state index contributed by atoms with van der Waals surface area (Å²) in [7, 11) is 1.55. The molecule has 0 radical (unpaired) electrons. The monoisotopic (exact) mass is 343 g/mol. The van der Waals surface area contributed by atoms with Crippen molar-refractivity contribution >= 4 is 38.3 Å². The number of thiazole rings is 1. The number of aryl methyl sites for hydroxylation is 1. The molecule has 2 aromatic carbocycles. The highest BCUT2D eigenvalue weighted by Gasteiger charge is 2.11. The Morgan fingerprint density at radius 1 is 1.29 bits per heavy atom. The van der Waals surface area contributed by atoms with E-state index >= 15 is 0 Å². The molecule has 1 amide bonds. The second-order valence-electron chi connectivity index (χ2n) is 5.23. The molecule has 0 spiro atoms. The molecule has 0 unspecified atom stereocenters. The number of hydrogen-bond acceptors (Lipinski definition) is 6. The molecule has 0 aliphatic heterocycles. The number of hydrogen-bond donors (Lipinski definition) is 2. The maximum absolute atomic E-state index is 12.1. The number of carbonyl (C=O) groups excluding carboxylic acids is 1. The first kappa shape index (κ1) is 16.1. The van der Waals surface area contributed by atoms with Gasteiger partial charge in [0.1, 0.15) is 17.0 Å². The van der Waals surface area contributed by atoms with Gasteiger partial charge in [0.2, 0.25) is 0 Å². The average molecular weight is 343 g/mol. The second kappa shape index (κ2) is 6.76. The fourth-order valence-electron chi connectivity index (χ4n) is 2.22. The lowest BCUT2D eigenvalue weighted by atomic mass is 10.2. The van der Waals surface area contributed by atoms with Crippen molar-refractivity contribution in [3.63, 3.8) is 0 Å². The predicted octanol–water partition coefficient (Wildman–Crippen LogP) is 3.21. The van der Waals surface area contributed by atoms with Crippen molar-refractivity contribution in [1.29, 1.82) is 0 Å². The van der Waals surface area contributed by atoms with Crippen LogP contribution in [-0.2, 0) is 4.79 Å². The molecule has 0 fully saturated rings. The van der Waals surface area contributed by atoms with Gasteiger partial charge in [-0.2, -0.15) is 0 Å². The van der Waals surface area contributed by atoms with E-state index in [4.69, 9.17) is 15.2 Å². The third-order valence-electron chi connectivity index (χ3n) is 3.37. The summed E-state index contributed by atoms with van der Waals surface area (Å²) >= 11 is 1.34. The van der Waals surface area contributed by atoms with E-state index in [9.17, 15) is 4.79 Å². The first-order valence-corrected chi connectivity index (χ1v) is 8.10. The van der Waals surface area contributed by atoms with E-state index in [1.807, 2.05) is 37.3 Å². The minimum atomic E-state index is -0.255. The molecule has 0 bridgehead atoms. The van der Waals surface area contributed by atoms with Crippen molar-refractivity contribution in [2.45, 2.75) is 6.92 Å². The van der Waals surface area contributed by atoms with Gasteiger partial charge in [-0.3, -0.25) is 4.79 Å². The summed E-state index contributed by atoms with van der Waals surface area (Å²) in [6, 6.07) is 11.1. The fraction of sp³-hybridized carbons (Fsp3) is 0.176. The third kappa shape index (κ3) is 3.57. The van der Waals surface area contributed by atoms with E-state index in [1.54, 1.807) is 13.2 Å². The molecular formula is C17H17N3O3S. The van der Waals surface area contributed by atoms with Crippen LogP contribution in [0.25, 0.3) is 10.2 Å². The number of benzene rings is 2. The molecule has 6 nitrogen and oxygen atoms in total. The maximum Gasteiger partial charge on any atom is 0.262 e. The van der Waals surface area contributed by atoms with Crippen LogP contribution in [0.4, 0.5) is 10.8 Å². The van der Waals surface area contributed by atoms with Crippen molar-refractivity contribution in [2.75, 3.05) is 24.8 Å². The van der Waals surface area contributed by atoms with E-state index in [1.165, 1.54) is 11.3 Å². The lowest BCUT2D eigenvalue weighted by Gasteiger charge is -2.09. The number of nitrogen functional groups attached to an aromatic ring is 1. The number of nitrogens with one attached hydrogen (secondary N) is 1. The van der Waals surface area contributed by atoms with Gasteiger partial charge in [0.25, 0.3) is 5.91 Å². The molecule has 3 aromatic rings. The number of amides is 1. The molecule has 0 atom stereocenters. The van der Waals surface area contributed by atoms with Crippen LogP contribution in [0, 0.1) is 6.92 Å². The van der Waals surface area contributed by atoms with Crippen LogP contribution in [0.5, 0.6) is 11.5 Å². The van der Waals surface area contributed by atoms with Crippen molar-refractivity contribution in [1.82, 2.24) is 4.98 Å². The number of aromatic nitrogens is 1. The Labute approximate surface area is 143 Å². The molecule has 3 rings (SSSR count). The average Bonchev–Trinajstić information content (AvgIpc) is 2.93. The number of nitrogens with zero attached hydrogens (tertiary/aromatic N) is 1. The van der Waals surface area contributed by atoms with Crippen LogP contribution in [-0.4, -0.2) is 24.6 Å². The zero-order valence-electron chi connectivity index (χ0n) is 13.3.